The van der Waals surface area contributed by atoms with E-state index < -0.39 is 5.97 Å². The molecular formula is C21H18ClNO4. The van der Waals surface area contributed by atoms with Crippen LogP contribution in [0.15, 0.2) is 59.2 Å². The van der Waals surface area contributed by atoms with Crippen molar-refractivity contribution in [2.45, 2.75) is 25.4 Å². The van der Waals surface area contributed by atoms with Crippen LogP contribution in [0, 0.1) is 5.92 Å². The van der Waals surface area contributed by atoms with Crippen LogP contribution < -0.4 is 4.74 Å². The quantitative estimate of drug-likeness (QED) is 0.637. The van der Waals surface area contributed by atoms with Gasteiger partial charge in [0.25, 0.3) is 0 Å². The van der Waals surface area contributed by atoms with Crippen LogP contribution in [-0.2, 0) is 11.4 Å². The van der Waals surface area contributed by atoms with Crippen molar-refractivity contribution in [1.29, 1.82) is 0 Å². The molecule has 5 nitrogen and oxygen atoms in total. The maximum absolute atomic E-state index is 10.9. The number of carboxylic acids is 1. The van der Waals surface area contributed by atoms with Gasteiger partial charge in [-0.2, -0.15) is 0 Å². The molecule has 1 heterocycles. The lowest BCUT2D eigenvalue weighted by Gasteiger charge is -2.32. The van der Waals surface area contributed by atoms with Gasteiger partial charge in [-0.15, -0.1) is 0 Å². The fourth-order valence-corrected chi connectivity index (χ4v) is 3.40. The zero-order chi connectivity index (χ0) is 18.8. The molecule has 1 N–H and O–H groups in total. The lowest BCUT2D eigenvalue weighted by atomic mass is 9.71. The number of aliphatic carboxylic acids is 1. The van der Waals surface area contributed by atoms with Crippen LogP contribution in [0.25, 0.3) is 11.5 Å². The molecule has 0 unspecified atom stereocenters. The molecule has 1 aromatic heterocycles. The summed E-state index contributed by atoms with van der Waals surface area (Å²) in [6.45, 7) is 0.300. The average Bonchev–Trinajstić information content (AvgIpc) is 3.08. The SMILES string of the molecule is O=C(O)C1CC(c2ccc(OCc3coc(-c4cccc(Cl)c4)n3)cc2)C1. The van der Waals surface area contributed by atoms with Crippen LogP contribution in [-0.4, -0.2) is 16.1 Å². The number of hydrogen-bond acceptors (Lipinski definition) is 4. The Balaban J connectivity index is 1.34. The van der Waals surface area contributed by atoms with Crippen molar-refractivity contribution in [3.63, 3.8) is 0 Å². The zero-order valence-electron chi connectivity index (χ0n) is 14.5. The summed E-state index contributed by atoms with van der Waals surface area (Å²) in [5.41, 5.74) is 2.67. The van der Waals surface area contributed by atoms with Crippen LogP contribution in [0.5, 0.6) is 5.75 Å². The summed E-state index contributed by atoms with van der Waals surface area (Å²) in [6.07, 6.45) is 2.99. The topological polar surface area (TPSA) is 72.6 Å². The number of hydrogen-bond donors (Lipinski definition) is 1. The number of nitrogens with zero attached hydrogens (tertiary/aromatic N) is 1. The Labute approximate surface area is 161 Å². The fourth-order valence-electron chi connectivity index (χ4n) is 3.21. The largest absolute Gasteiger partial charge is 0.487 e. The fraction of sp³-hybridized carbons (Fsp3) is 0.238. The molecule has 0 radical (unpaired) electrons. The number of ether oxygens (including phenoxy) is 1. The number of halogens is 1. The average molecular weight is 384 g/mol. The predicted octanol–water partition coefficient (Wildman–Crippen LogP) is 5.15. The third-order valence-corrected chi connectivity index (χ3v) is 5.08. The van der Waals surface area contributed by atoms with Gasteiger partial charge >= 0.3 is 5.97 Å². The third kappa shape index (κ3) is 3.98. The van der Waals surface area contributed by atoms with Crippen molar-refractivity contribution in [1.82, 2.24) is 4.98 Å². The zero-order valence-corrected chi connectivity index (χ0v) is 15.2. The second-order valence-corrected chi connectivity index (χ2v) is 7.15. The number of carbonyl (C=O) groups is 1. The number of rotatable bonds is 6. The van der Waals surface area contributed by atoms with Crippen LogP contribution >= 0.6 is 11.6 Å². The molecule has 1 aliphatic carbocycles. The second-order valence-electron chi connectivity index (χ2n) is 6.72. The Kier molecular flexibility index (Phi) is 4.86. The van der Waals surface area contributed by atoms with Crippen molar-refractivity contribution in [2.24, 2.45) is 5.92 Å². The predicted molar refractivity (Wildman–Crippen MR) is 101 cm³/mol. The summed E-state index contributed by atoms with van der Waals surface area (Å²) in [6, 6.07) is 15.1. The highest BCUT2D eigenvalue weighted by molar-refractivity contribution is 6.30. The van der Waals surface area contributed by atoms with E-state index in [1.54, 1.807) is 18.4 Å². The maximum atomic E-state index is 10.9. The minimum Gasteiger partial charge on any atom is -0.487 e. The highest BCUT2D eigenvalue weighted by Gasteiger charge is 2.35. The molecule has 0 saturated heterocycles. The first-order valence-electron chi connectivity index (χ1n) is 8.74. The van der Waals surface area contributed by atoms with Crippen LogP contribution in [0.1, 0.15) is 30.0 Å². The van der Waals surface area contributed by atoms with E-state index in [1.165, 1.54) is 0 Å². The first kappa shape index (κ1) is 17.6. The van der Waals surface area contributed by atoms with E-state index in [2.05, 4.69) is 4.98 Å². The number of benzene rings is 2. The molecule has 0 bridgehead atoms. The highest BCUT2D eigenvalue weighted by Crippen LogP contribution is 2.42. The van der Waals surface area contributed by atoms with Gasteiger partial charge in [0.2, 0.25) is 5.89 Å². The Bertz CT molecular complexity index is 945. The summed E-state index contributed by atoms with van der Waals surface area (Å²) in [5, 5.41) is 9.60. The standard InChI is InChI=1S/C21H18ClNO4/c22-17-3-1-2-14(10-17)20-23-18(12-27-20)11-26-19-6-4-13(5-7-19)15-8-16(9-15)21(24)25/h1-7,10,12,15-16H,8-9,11H2,(H,24,25). The minimum atomic E-state index is -0.698. The molecule has 3 aromatic rings. The molecule has 0 spiro atoms. The lowest BCUT2D eigenvalue weighted by molar-refractivity contribution is -0.145. The molecule has 27 heavy (non-hydrogen) atoms. The van der Waals surface area contributed by atoms with Crippen LogP contribution in [0.3, 0.4) is 0 Å². The molecule has 1 aliphatic rings. The van der Waals surface area contributed by atoms with Crippen molar-refractivity contribution in [3.05, 3.63) is 71.1 Å². The van der Waals surface area contributed by atoms with Gasteiger partial charge in [-0.25, -0.2) is 4.98 Å². The van der Waals surface area contributed by atoms with Crippen molar-refractivity contribution in [2.75, 3.05) is 0 Å². The molecule has 2 aromatic carbocycles. The minimum absolute atomic E-state index is 0.202. The van der Waals surface area contributed by atoms with E-state index in [0.29, 0.717) is 42.0 Å². The number of aromatic nitrogens is 1. The summed E-state index contributed by atoms with van der Waals surface area (Å²) in [4.78, 5) is 15.3. The Morgan fingerprint density at radius 1 is 1.22 bits per heavy atom. The maximum Gasteiger partial charge on any atom is 0.306 e. The highest BCUT2D eigenvalue weighted by atomic mass is 35.5. The van der Waals surface area contributed by atoms with Crippen LogP contribution in [0.4, 0.5) is 0 Å². The monoisotopic (exact) mass is 383 g/mol. The van der Waals surface area contributed by atoms with Gasteiger partial charge in [0, 0.05) is 10.6 Å². The summed E-state index contributed by atoms with van der Waals surface area (Å²) in [7, 11) is 0. The van der Waals surface area contributed by atoms with Crippen molar-refractivity contribution >= 4 is 17.6 Å². The van der Waals surface area contributed by atoms with Gasteiger partial charge in [-0.3, -0.25) is 4.79 Å². The Hall–Kier alpha value is -2.79. The van der Waals surface area contributed by atoms with E-state index in [0.717, 1.165) is 16.9 Å². The summed E-state index contributed by atoms with van der Waals surface area (Å²) < 4.78 is 11.3. The molecular weight excluding hydrogens is 366 g/mol. The molecule has 6 heteroatoms. The molecule has 1 fully saturated rings. The Morgan fingerprint density at radius 3 is 2.70 bits per heavy atom. The lowest BCUT2D eigenvalue weighted by Crippen LogP contribution is -2.28. The van der Waals surface area contributed by atoms with Gasteiger partial charge in [-0.05, 0) is 54.7 Å². The third-order valence-electron chi connectivity index (χ3n) is 4.85. The van der Waals surface area contributed by atoms with E-state index in [9.17, 15) is 4.79 Å². The molecule has 0 aliphatic heterocycles. The van der Waals surface area contributed by atoms with Crippen molar-refractivity contribution < 1.29 is 19.1 Å². The van der Waals surface area contributed by atoms with Gasteiger partial charge < -0.3 is 14.3 Å². The van der Waals surface area contributed by atoms with Gasteiger partial charge in [-0.1, -0.05) is 29.8 Å². The summed E-state index contributed by atoms with van der Waals surface area (Å²) >= 11 is 5.99. The van der Waals surface area contributed by atoms with Crippen molar-refractivity contribution in [3.8, 4) is 17.2 Å². The van der Waals surface area contributed by atoms with E-state index >= 15 is 0 Å². The van der Waals surface area contributed by atoms with Crippen LogP contribution in [0.2, 0.25) is 5.02 Å². The van der Waals surface area contributed by atoms with E-state index in [1.807, 2.05) is 36.4 Å². The van der Waals surface area contributed by atoms with Gasteiger partial charge in [0.1, 0.15) is 24.3 Å². The Morgan fingerprint density at radius 2 is 2.00 bits per heavy atom. The van der Waals surface area contributed by atoms with E-state index in [-0.39, 0.29) is 5.92 Å². The van der Waals surface area contributed by atoms with Gasteiger partial charge in [0.15, 0.2) is 0 Å². The molecule has 1 saturated carbocycles. The molecule has 4 rings (SSSR count). The first-order chi connectivity index (χ1) is 13.1. The molecule has 0 atom stereocenters. The normalized spacial score (nSPS) is 18.7. The molecule has 0 amide bonds. The molecule has 138 valence electrons. The number of carboxylic acid groups (broad SMARTS) is 1. The van der Waals surface area contributed by atoms with Gasteiger partial charge in [0.05, 0.1) is 5.92 Å². The summed E-state index contributed by atoms with van der Waals surface area (Å²) in [5.74, 6) is 0.670. The second kappa shape index (κ2) is 7.45. The first-order valence-corrected chi connectivity index (χ1v) is 9.12. The number of oxazole rings is 1. The van der Waals surface area contributed by atoms with E-state index in [4.69, 9.17) is 25.9 Å². The smallest absolute Gasteiger partial charge is 0.306 e.